The topological polar surface area (TPSA) is 40.7 Å². The third-order valence-corrected chi connectivity index (χ3v) is 8.86. The van der Waals surface area contributed by atoms with Gasteiger partial charge in [0.25, 0.3) is 0 Å². The van der Waals surface area contributed by atoms with Crippen LogP contribution in [0.25, 0.3) is 22.2 Å². The van der Waals surface area contributed by atoms with Crippen LogP contribution in [0.1, 0.15) is 76.3 Å². The number of fused-ring (bicyclic) bond motifs is 1. The second-order valence-corrected chi connectivity index (χ2v) is 11.6. The predicted octanol–water partition coefficient (Wildman–Crippen LogP) is 7.03. The van der Waals surface area contributed by atoms with Crippen LogP contribution in [0.15, 0.2) is 36.4 Å². The molecule has 2 aliphatic heterocycles. The number of nitrogens with zero attached hydrogens (tertiary/aromatic N) is 2. The lowest BCUT2D eigenvalue weighted by molar-refractivity contribution is 0.0753. The average Bonchev–Trinajstić information content (AvgIpc) is 3.32. The zero-order chi connectivity index (χ0) is 26.1. The molecule has 0 saturated carbocycles. The summed E-state index contributed by atoms with van der Waals surface area (Å²) in [6, 6.07) is 14.8. The van der Waals surface area contributed by atoms with E-state index in [1.54, 1.807) is 14.2 Å². The monoisotopic (exact) mass is 503 g/mol. The molecule has 1 N–H and O–H groups in total. The number of aromatic nitrogens is 1. The van der Waals surface area contributed by atoms with Crippen LogP contribution in [0.4, 0.5) is 0 Å². The molecule has 200 valence electrons. The molecule has 3 heterocycles. The highest BCUT2D eigenvalue weighted by molar-refractivity contribution is 5.92. The van der Waals surface area contributed by atoms with Gasteiger partial charge in [-0.15, -0.1) is 0 Å². The Morgan fingerprint density at radius 3 is 2.14 bits per heavy atom. The first-order valence-corrected chi connectivity index (χ1v) is 14.3. The summed E-state index contributed by atoms with van der Waals surface area (Å²) in [5.74, 6) is 2.57. The van der Waals surface area contributed by atoms with Crippen molar-refractivity contribution in [1.29, 1.82) is 0 Å². The summed E-state index contributed by atoms with van der Waals surface area (Å²) in [7, 11) is 3.38. The maximum Gasteiger partial charge on any atom is 0.161 e. The molecule has 0 unspecified atom stereocenters. The van der Waals surface area contributed by atoms with Crippen LogP contribution in [-0.4, -0.2) is 67.3 Å². The molecule has 5 nitrogen and oxygen atoms in total. The molecule has 2 aromatic carbocycles. The van der Waals surface area contributed by atoms with Gasteiger partial charge in [-0.1, -0.05) is 19.9 Å². The zero-order valence-corrected chi connectivity index (χ0v) is 23.6. The lowest BCUT2D eigenvalue weighted by atomic mass is 9.86. The van der Waals surface area contributed by atoms with Crippen LogP contribution >= 0.6 is 0 Å². The van der Waals surface area contributed by atoms with E-state index in [1.165, 1.54) is 79.6 Å². The SMILES string of the molecule is COc1ccc(-c2[nH]c3ccc(C4CCN(C5CCN(C(C)C)CC5)CC4)cc3c2C(C)C)cc1OC. The minimum atomic E-state index is 0.408. The van der Waals surface area contributed by atoms with Crippen LogP contribution < -0.4 is 9.47 Å². The van der Waals surface area contributed by atoms with Gasteiger partial charge in [0.05, 0.1) is 19.9 Å². The van der Waals surface area contributed by atoms with E-state index in [2.05, 4.69) is 72.8 Å². The lowest BCUT2D eigenvalue weighted by Crippen LogP contribution is -2.48. The summed E-state index contributed by atoms with van der Waals surface area (Å²) in [4.78, 5) is 9.16. The second-order valence-electron chi connectivity index (χ2n) is 11.6. The van der Waals surface area contributed by atoms with E-state index in [4.69, 9.17) is 9.47 Å². The normalized spacial score (nSPS) is 18.8. The van der Waals surface area contributed by atoms with Gasteiger partial charge in [-0.3, -0.25) is 0 Å². The second kappa shape index (κ2) is 11.1. The minimum absolute atomic E-state index is 0.408. The molecule has 0 atom stereocenters. The van der Waals surface area contributed by atoms with Crippen molar-refractivity contribution in [3.05, 3.63) is 47.5 Å². The fourth-order valence-electron chi connectivity index (χ4n) is 6.67. The van der Waals surface area contributed by atoms with Crippen molar-refractivity contribution >= 4 is 10.9 Å². The van der Waals surface area contributed by atoms with Crippen molar-refractivity contribution < 1.29 is 9.47 Å². The molecule has 3 aromatic rings. The van der Waals surface area contributed by atoms with E-state index in [0.29, 0.717) is 17.9 Å². The van der Waals surface area contributed by atoms with E-state index in [1.807, 2.05) is 6.07 Å². The first kappa shape index (κ1) is 26.1. The van der Waals surface area contributed by atoms with Gasteiger partial charge in [-0.2, -0.15) is 0 Å². The Morgan fingerprint density at radius 2 is 1.51 bits per heavy atom. The van der Waals surface area contributed by atoms with Crippen LogP contribution in [0.3, 0.4) is 0 Å². The minimum Gasteiger partial charge on any atom is -0.493 e. The number of hydrogen-bond acceptors (Lipinski definition) is 4. The van der Waals surface area contributed by atoms with Crippen molar-refractivity contribution in [1.82, 2.24) is 14.8 Å². The first-order chi connectivity index (χ1) is 17.9. The van der Waals surface area contributed by atoms with Crippen molar-refractivity contribution in [2.24, 2.45) is 0 Å². The lowest BCUT2D eigenvalue weighted by Gasteiger charge is -2.43. The molecular weight excluding hydrogens is 458 g/mol. The van der Waals surface area contributed by atoms with E-state index >= 15 is 0 Å². The van der Waals surface area contributed by atoms with Gasteiger partial charge >= 0.3 is 0 Å². The molecule has 5 heteroatoms. The highest BCUT2D eigenvalue weighted by Gasteiger charge is 2.29. The number of nitrogens with one attached hydrogen (secondary N) is 1. The molecule has 2 fully saturated rings. The van der Waals surface area contributed by atoms with E-state index in [9.17, 15) is 0 Å². The molecule has 0 spiro atoms. The van der Waals surface area contributed by atoms with Crippen LogP contribution in [0.5, 0.6) is 11.5 Å². The van der Waals surface area contributed by atoms with Crippen LogP contribution in [-0.2, 0) is 0 Å². The molecule has 2 saturated heterocycles. The van der Waals surface area contributed by atoms with E-state index < -0.39 is 0 Å². The summed E-state index contributed by atoms with van der Waals surface area (Å²) in [6.07, 6.45) is 5.18. The number of likely N-dealkylation sites (tertiary alicyclic amines) is 2. The molecule has 37 heavy (non-hydrogen) atoms. The molecule has 0 radical (unpaired) electrons. The standard InChI is InChI=1S/C32H45N3O2/c1-21(2)31-27-19-24(23-11-15-35(16-12-23)26-13-17-34(18-14-26)22(3)4)7-9-28(27)33-32(31)25-8-10-29(36-5)30(20-25)37-6/h7-10,19-23,26,33H,11-18H2,1-6H3. The van der Waals surface area contributed by atoms with Crippen molar-refractivity contribution in [2.45, 2.75) is 77.3 Å². The number of piperidine rings is 2. The number of benzene rings is 2. The third-order valence-electron chi connectivity index (χ3n) is 8.86. The Kier molecular flexibility index (Phi) is 7.83. The highest BCUT2D eigenvalue weighted by Crippen LogP contribution is 2.40. The number of rotatable bonds is 7. The average molecular weight is 504 g/mol. The number of hydrogen-bond donors (Lipinski definition) is 1. The molecule has 0 amide bonds. The van der Waals surface area contributed by atoms with Gasteiger partial charge in [-0.05, 0) is 119 Å². The van der Waals surface area contributed by atoms with Gasteiger partial charge < -0.3 is 24.3 Å². The van der Waals surface area contributed by atoms with Gasteiger partial charge in [0.15, 0.2) is 11.5 Å². The Bertz CT molecular complexity index is 1200. The number of aromatic amines is 1. The van der Waals surface area contributed by atoms with Gasteiger partial charge in [0.1, 0.15) is 0 Å². The molecule has 0 bridgehead atoms. The van der Waals surface area contributed by atoms with Crippen molar-refractivity contribution in [2.75, 3.05) is 40.4 Å². The number of H-pyrrole nitrogens is 1. The van der Waals surface area contributed by atoms with Crippen molar-refractivity contribution in [3.63, 3.8) is 0 Å². The predicted molar refractivity (Wildman–Crippen MR) is 154 cm³/mol. The Hall–Kier alpha value is -2.50. The summed E-state index contributed by atoms with van der Waals surface area (Å²) in [5.41, 5.74) is 6.42. The summed E-state index contributed by atoms with van der Waals surface area (Å²) < 4.78 is 11.1. The number of ether oxygens (including phenoxy) is 2. The van der Waals surface area contributed by atoms with E-state index in [-0.39, 0.29) is 0 Å². The maximum absolute atomic E-state index is 5.59. The van der Waals surface area contributed by atoms with Crippen molar-refractivity contribution in [3.8, 4) is 22.8 Å². The quantitative estimate of drug-likeness (QED) is 0.376. The third kappa shape index (κ3) is 5.26. The van der Waals surface area contributed by atoms with Crippen LogP contribution in [0, 0.1) is 0 Å². The first-order valence-electron chi connectivity index (χ1n) is 14.3. The molecule has 2 aliphatic rings. The van der Waals surface area contributed by atoms with Crippen LogP contribution in [0.2, 0.25) is 0 Å². The highest BCUT2D eigenvalue weighted by atomic mass is 16.5. The largest absolute Gasteiger partial charge is 0.493 e. The Morgan fingerprint density at radius 1 is 0.811 bits per heavy atom. The smallest absolute Gasteiger partial charge is 0.161 e. The fraction of sp³-hybridized carbons (Fsp3) is 0.562. The zero-order valence-electron chi connectivity index (χ0n) is 23.6. The van der Waals surface area contributed by atoms with Gasteiger partial charge in [0, 0.05) is 28.6 Å². The fourth-order valence-corrected chi connectivity index (χ4v) is 6.67. The summed E-state index contributed by atoms with van der Waals surface area (Å²) in [6.45, 7) is 14.2. The molecule has 0 aliphatic carbocycles. The Labute approximate surface area is 223 Å². The molecular formula is C32H45N3O2. The Balaban J connectivity index is 1.35. The molecule has 1 aromatic heterocycles. The van der Waals surface area contributed by atoms with E-state index in [0.717, 1.165) is 23.1 Å². The number of methoxy groups -OCH3 is 2. The van der Waals surface area contributed by atoms with Gasteiger partial charge in [0.2, 0.25) is 0 Å². The molecule has 5 rings (SSSR count). The summed E-state index contributed by atoms with van der Waals surface area (Å²) in [5, 5.41) is 1.36. The summed E-state index contributed by atoms with van der Waals surface area (Å²) >= 11 is 0. The van der Waals surface area contributed by atoms with Gasteiger partial charge in [-0.25, -0.2) is 0 Å². The maximum atomic E-state index is 5.59.